The minimum absolute atomic E-state index is 0.0306. The van der Waals surface area contributed by atoms with Crippen LogP contribution >= 0.6 is 15.9 Å². The molecule has 1 amide bonds. The van der Waals surface area contributed by atoms with Crippen LogP contribution in [0.5, 0.6) is 0 Å². The van der Waals surface area contributed by atoms with E-state index in [0.717, 1.165) is 29.8 Å². The SMILES string of the molecule is CC(=O)NC[C@H]1CCCN1c1cc(Br)nn1C. The van der Waals surface area contributed by atoms with Crippen LogP contribution in [-0.2, 0) is 11.8 Å². The molecule has 1 aromatic rings. The number of halogens is 1. The zero-order valence-electron chi connectivity index (χ0n) is 10.1. The molecule has 1 saturated heterocycles. The standard InChI is InChI=1S/C11H17BrN4O/c1-8(17)13-7-9-4-3-5-16(9)11-6-10(12)14-15(11)2/h6,9H,3-5,7H2,1-2H3,(H,13,17)/t9-/m1/s1. The van der Waals surface area contributed by atoms with E-state index in [1.165, 1.54) is 0 Å². The molecule has 1 aliphatic heterocycles. The summed E-state index contributed by atoms with van der Waals surface area (Å²) in [6.07, 6.45) is 2.27. The van der Waals surface area contributed by atoms with E-state index in [1.54, 1.807) is 6.92 Å². The molecule has 0 radical (unpaired) electrons. The van der Waals surface area contributed by atoms with Crippen molar-refractivity contribution in [3.63, 3.8) is 0 Å². The molecule has 0 spiro atoms. The lowest BCUT2D eigenvalue weighted by atomic mass is 10.2. The molecule has 1 aromatic heterocycles. The quantitative estimate of drug-likeness (QED) is 0.915. The van der Waals surface area contributed by atoms with Crippen LogP contribution in [0.3, 0.4) is 0 Å². The van der Waals surface area contributed by atoms with Gasteiger partial charge in [0.25, 0.3) is 0 Å². The Morgan fingerprint density at radius 3 is 3.06 bits per heavy atom. The lowest BCUT2D eigenvalue weighted by Crippen LogP contribution is -2.40. The molecule has 0 aliphatic carbocycles. The molecule has 17 heavy (non-hydrogen) atoms. The highest BCUT2D eigenvalue weighted by atomic mass is 79.9. The maximum Gasteiger partial charge on any atom is 0.216 e. The Hall–Kier alpha value is -1.04. The predicted molar refractivity (Wildman–Crippen MR) is 70.0 cm³/mol. The molecule has 2 rings (SSSR count). The van der Waals surface area contributed by atoms with Crippen LogP contribution in [0.4, 0.5) is 5.82 Å². The summed E-state index contributed by atoms with van der Waals surface area (Å²) in [5.41, 5.74) is 0. The monoisotopic (exact) mass is 300 g/mol. The first kappa shape index (κ1) is 12.4. The maximum atomic E-state index is 11.0. The summed E-state index contributed by atoms with van der Waals surface area (Å²) in [6.45, 7) is 3.29. The van der Waals surface area contributed by atoms with Crippen LogP contribution in [0.2, 0.25) is 0 Å². The van der Waals surface area contributed by atoms with E-state index in [9.17, 15) is 4.79 Å². The molecule has 1 aliphatic rings. The second kappa shape index (κ2) is 5.08. The minimum atomic E-state index is 0.0306. The number of aryl methyl sites for hydroxylation is 1. The first-order valence-electron chi connectivity index (χ1n) is 5.78. The number of hydrogen-bond donors (Lipinski definition) is 1. The van der Waals surface area contributed by atoms with Crippen molar-refractivity contribution in [2.24, 2.45) is 7.05 Å². The molecule has 0 saturated carbocycles. The molecule has 0 bridgehead atoms. The van der Waals surface area contributed by atoms with E-state index in [4.69, 9.17) is 0 Å². The fourth-order valence-electron chi connectivity index (χ4n) is 2.30. The van der Waals surface area contributed by atoms with E-state index in [1.807, 2.05) is 17.8 Å². The third-order valence-electron chi connectivity index (χ3n) is 3.08. The van der Waals surface area contributed by atoms with Crippen LogP contribution in [0.1, 0.15) is 19.8 Å². The summed E-state index contributed by atoms with van der Waals surface area (Å²) < 4.78 is 2.72. The number of carbonyl (C=O) groups excluding carboxylic acids is 1. The Balaban J connectivity index is 2.08. The second-order valence-electron chi connectivity index (χ2n) is 4.38. The molecule has 6 heteroatoms. The van der Waals surface area contributed by atoms with Crippen LogP contribution in [0.15, 0.2) is 10.7 Å². The average Bonchev–Trinajstić information content (AvgIpc) is 2.81. The number of amides is 1. The Kier molecular flexibility index (Phi) is 3.71. The smallest absolute Gasteiger partial charge is 0.216 e. The number of nitrogens with zero attached hydrogens (tertiary/aromatic N) is 3. The fraction of sp³-hybridized carbons (Fsp3) is 0.636. The van der Waals surface area contributed by atoms with E-state index in [-0.39, 0.29) is 5.91 Å². The minimum Gasteiger partial charge on any atom is -0.354 e. The molecular weight excluding hydrogens is 284 g/mol. The Morgan fingerprint density at radius 1 is 1.71 bits per heavy atom. The lowest BCUT2D eigenvalue weighted by molar-refractivity contribution is -0.119. The predicted octanol–water partition coefficient (Wildman–Crippen LogP) is 1.29. The number of anilines is 1. The van der Waals surface area contributed by atoms with Crippen molar-refractivity contribution < 1.29 is 4.79 Å². The Morgan fingerprint density at radius 2 is 2.47 bits per heavy atom. The van der Waals surface area contributed by atoms with Gasteiger partial charge in [-0.3, -0.25) is 9.48 Å². The largest absolute Gasteiger partial charge is 0.354 e. The highest BCUT2D eigenvalue weighted by Crippen LogP contribution is 2.26. The molecule has 0 aromatic carbocycles. The zero-order chi connectivity index (χ0) is 12.4. The number of aromatic nitrogens is 2. The van der Waals surface area contributed by atoms with E-state index < -0.39 is 0 Å². The van der Waals surface area contributed by atoms with Crippen molar-refractivity contribution in [2.45, 2.75) is 25.8 Å². The van der Waals surface area contributed by atoms with Crippen LogP contribution in [-0.4, -0.2) is 34.8 Å². The van der Waals surface area contributed by atoms with Gasteiger partial charge in [-0.1, -0.05) is 0 Å². The van der Waals surface area contributed by atoms with E-state index >= 15 is 0 Å². The third-order valence-corrected chi connectivity index (χ3v) is 3.47. The normalized spacial score (nSPS) is 19.7. The molecule has 0 unspecified atom stereocenters. The van der Waals surface area contributed by atoms with Crippen molar-refractivity contribution in [3.05, 3.63) is 10.7 Å². The summed E-state index contributed by atoms with van der Waals surface area (Å²) in [4.78, 5) is 13.3. The molecule has 1 N–H and O–H groups in total. The molecular formula is C11H17BrN4O. The van der Waals surface area contributed by atoms with Gasteiger partial charge in [-0.15, -0.1) is 0 Å². The van der Waals surface area contributed by atoms with Crippen molar-refractivity contribution in [1.82, 2.24) is 15.1 Å². The van der Waals surface area contributed by atoms with E-state index in [2.05, 4.69) is 31.2 Å². The van der Waals surface area contributed by atoms with Gasteiger partial charge >= 0.3 is 0 Å². The Bertz CT molecular complexity index is 418. The number of hydrogen-bond acceptors (Lipinski definition) is 3. The number of rotatable bonds is 3. The molecule has 94 valence electrons. The summed E-state index contributed by atoms with van der Waals surface area (Å²) >= 11 is 3.38. The van der Waals surface area contributed by atoms with E-state index in [0.29, 0.717) is 12.6 Å². The lowest BCUT2D eigenvalue weighted by Gasteiger charge is -2.26. The van der Waals surface area contributed by atoms with Gasteiger partial charge in [0.2, 0.25) is 5.91 Å². The summed E-state index contributed by atoms with van der Waals surface area (Å²) in [6, 6.07) is 2.40. The highest BCUT2D eigenvalue weighted by Gasteiger charge is 2.26. The van der Waals surface area contributed by atoms with Crippen LogP contribution in [0, 0.1) is 0 Å². The fourth-order valence-corrected chi connectivity index (χ4v) is 2.75. The van der Waals surface area contributed by atoms with Gasteiger partial charge in [-0.2, -0.15) is 5.10 Å². The number of nitrogens with one attached hydrogen (secondary N) is 1. The first-order chi connectivity index (χ1) is 8.08. The summed E-state index contributed by atoms with van der Waals surface area (Å²) in [5.74, 6) is 1.13. The van der Waals surface area contributed by atoms with Crippen molar-refractivity contribution in [3.8, 4) is 0 Å². The topological polar surface area (TPSA) is 50.2 Å². The van der Waals surface area contributed by atoms with Crippen molar-refractivity contribution in [2.75, 3.05) is 18.0 Å². The van der Waals surface area contributed by atoms with Gasteiger partial charge in [-0.05, 0) is 28.8 Å². The van der Waals surface area contributed by atoms with Crippen LogP contribution < -0.4 is 10.2 Å². The molecule has 5 nitrogen and oxygen atoms in total. The zero-order valence-corrected chi connectivity index (χ0v) is 11.7. The van der Waals surface area contributed by atoms with Gasteiger partial charge < -0.3 is 10.2 Å². The van der Waals surface area contributed by atoms with Crippen molar-refractivity contribution in [1.29, 1.82) is 0 Å². The molecule has 1 atom stereocenters. The van der Waals surface area contributed by atoms with Gasteiger partial charge in [0.15, 0.2) is 0 Å². The summed E-state index contributed by atoms with van der Waals surface area (Å²) in [7, 11) is 1.94. The molecule has 1 fully saturated rings. The van der Waals surface area contributed by atoms with Gasteiger partial charge in [0.05, 0.1) is 0 Å². The Labute approximate surface area is 109 Å². The second-order valence-corrected chi connectivity index (χ2v) is 5.19. The third kappa shape index (κ3) is 2.80. The summed E-state index contributed by atoms with van der Waals surface area (Å²) in [5, 5.41) is 7.18. The molecule has 2 heterocycles. The van der Waals surface area contributed by atoms with Gasteiger partial charge in [-0.25, -0.2) is 0 Å². The first-order valence-corrected chi connectivity index (χ1v) is 6.58. The van der Waals surface area contributed by atoms with Gasteiger partial charge in [0.1, 0.15) is 10.4 Å². The van der Waals surface area contributed by atoms with Gasteiger partial charge in [0, 0.05) is 39.2 Å². The highest BCUT2D eigenvalue weighted by molar-refractivity contribution is 9.10. The van der Waals surface area contributed by atoms with Crippen molar-refractivity contribution >= 4 is 27.7 Å². The number of carbonyl (C=O) groups is 1. The average molecular weight is 301 g/mol. The maximum absolute atomic E-state index is 11.0. The van der Waals surface area contributed by atoms with Crippen LogP contribution in [0.25, 0.3) is 0 Å².